The van der Waals surface area contributed by atoms with E-state index < -0.39 is 12.2 Å². The molecule has 260 valence electrons. The van der Waals surface area contributed by atoms with Gasteiger partial charge in [-0.15, -0.1) is 0 Å². The van der Waals surface area contributed by atoms with Crippen LogP contribution < -0.4 is 5.32 Å². The highest BCUT2D eigenvalue weighted by Gasteiger charge is 2.14. The molecule has 0 amide bonds. The maximum atomic E-state index is 10.6. The Kier molecular flexibility index (Phi) is 34.6. The molecule has 0 bridgehead atoms. The quantitative estimate of drug-likeness (QED) is 0.162. The van der Waals surface area contributed by atoms with Crippen LogP contribution in [0.15, 0.2) is 0 Å². The molecule has 0 saturated heterocycles. The number of nitrogens with one attached hydrogen (secondary N) is 1. The highest BCUT2D eigenvalue weighted by atomic mass is 16.3. The van der Waals surface area contributed by atoms with Crippen molar-refractivity contribution in [2.24, 2.45) is 0 Å². The second-order valence-electron chi connectivity index (χ2n) is 10.5. The molecule has 53 heavy (non-hydrogen) atoms. The SMILES string of the molecule is CC#CC#CC#CC#CC#CC#CC#CC#CC#CC#CC#CC#CC#CC#CC#CC(O)CN(CCCNC)CC(O)CCCCCCCCCC. The lowest BCUT2D eigenvalue weighted by Crippen LogP contribution is -2.39. The summed E-state index contributed by atoms with van der Waals surface area (Å²) >= 11 is 0. The van der Waals surface area contributed by atoms with Crippen LogP contribution >= 0.6 is 0 Å². The van der Waals surface area contributed by atoms with Crippen LogP contribution in [0.1, 0.15) is 78.1 Å². The van der Waals surface area contributed by atoms with Gasteiger partial charge in [0.1, 0.15) is 6.10 Å². The summed E-state index contributed by atoms with van der Waals surface area (Å²) in [5, 5.41) is 24.1. The Morgan fingerprint density at radius 3 is 1.19 bits per heavy atom. The van der Waals surface area contributed by atoms with Gasteiger partial charge in [0.25, 0.3) is 0 Å². The molecule has 0 aliphatic rings. The smallest absolute Gasteiger partial charge is 0.128 e. The van der Waals surface area contributed by atoms with Crippen molar-refractivity contribution in [3.05, 3.63) is 0 Å². The van der Waals surface area contributed by atoms with Gasteiger partial charge in [-0.3, -0.25) is 4.90 Å². The minimum Gasteiger partial charge on any atom is -0.392 e. The molecule has 4 nitrogen and oxygen atoms in total. The molecule has 4 heteroatoms. The van der Waals surface area contributed by atoms with Gasteiger partial charge in [0, 0.05) is 84.1 Å². The number of rotatable bonds is 17. The highest BCUT2D eigenvalue weighted by molar-refractivity contribution is 5.48. The molecular weight excluding hydrogens is 649 g/mol. The van der Waals surface area contributed by atoms with E-state index in [0.717, 1.165) is 38.8 Å². The summed E-state index contributed by atoms with van der Waals surface area (Å²) in [5.41, 5.74) is 0. The molecule has 0 radical (unpaired) electrons. The first-order chi connectivity index (χ1) is 26.1. The first kappa shape index (κ1) is 46.2. The van der Waals surface area contributed by atoms with Crippen molar-refractivity contribution in [1.82, 2.24) is 10.2 Å². The molecule has 0 fully saturated rings. The van der Waals surface area contributed by atoms with E-state index >= 15 is 0 Å². The van der Waals surface area contributed by atoms with Crippen molar-refractivity contribution in [1.29, 1.82) is 0 Å². The van der Waals surface area contributed by atoms with Crippen molar-refractivity contribution in [3.8, 4) is 178 Å². The minimum absolute atomic E-state index is 0.342. The summed E-state index contributed by atoms with van der Waals surface area (Å²) in [6.07, 6.45) is 10.3. The molecule has 0 heterocycles. The Bertz CT molecular complexity index is 2140. The zero-order valence-electron chi connectivity index (χ0n) is 30.9. The fraction of sp³-hybridized carbons (Fsp3) is 0.388. The summed E-state index contributed by atoms with van der Waals surface area (Å²) in [7, 11) is 1.91. The zero-order valence-corrected chi connectivity index (χ0v) is 30.9. The number of hydrogen-bond acceptors (Lipinski definition) is 4. The molecule has 0 spiro atoms. The lowest BCUT2D eigenvalue weighted by Gasteiger charge is -2.26. The monoisotopic (exact) mass is 690 g/mol. The summed E-state index contributed by atoms with van der Waals surface area (Å²) in [6.45, 7) is 6.40. The number of hydrogen-bond donors (Lipinski definition) is 3. The molecule has 0 aromatic carbocycles. The van der Waals surface area contributed by atoms with E-state index in [1.807, 2.05) is 7.05 Å². The van der Waals surface area contributed by atoms with Gasteiger partial charge in [0.15, 0.2) is 0 Å². The summed E-state index contributed by atoms with van der Waals surface area (Å²) in [4.78, 5) is 2.06. The van der Waals surface area contributed by atoms with Crippen LogP contribution in [0, 0.1) is 178 Å². The van der Waals surface area contributed by atoms with Crippen LogP contribution in [0.2, 0.25) is 0 Å². The van der Waals surface area contributed by atoms with Crippen molar-refractivity contribution in [2.45, 2.75) is 90.3 Å². The van der Waals surface area contributed by atoms with Gasteiger partial charge in [0.2, 0.25) is 0 Å². The predicted molar refractivity (Wildman–Crippen MR) is 217 cm³/mol. The Hall–Kier alpha value is -6.76. The minimum atomic E-state index is -0.883. The van der Waals surface area contributed by atoms with E-state index in [0.29, 0.717) is 13.1 Å². The van der Waals surface area contributed by atoms with E-state index in [1.54, 1.807) is 6.92 Å². The van der Waals surface area contributed by atoms with Gasteiger partial charge in [-0.05, 0) is 135 Å². The third-order valence-corrected chi connectivity index (χ3v) is 6.24. The highest BCUT2D eigenvalue weighted by Crippen LogP contribution is 2.11. The van der Waals surface area contributed by atoms with Crippen molar-refractivity contribution in [2.75, 3.05) is 33.2 Å². The van der Waals surface area contributed by atoms with E-state index in [-0.39, 0.29) is 0 Å². The van der Waals surface area contributed by atoms with Gasteiger partial charge >= 0.3 is 0 Å². The maximum Gasteiger partial charge on any atom is 0.128 e. The average molecular weight is 691 g/mol. The van der Waals surface area contributed by atoms with E-state index in [1.165, 1.54) is 38.5 Å². The van der Waals surface area contributed by atoms with Crippen LogP contribution in [0.5, 0.6) is 0 Å². The second-order valence-corrected chi connectivity index (χ2v) is 10.5. The third-order valence-electron chi connectivity index (χ3n) is 6.24. The Morgan fingerprint density at radius 1 is 0.453 bits per heavy atom. The Balaban J connectivity index is 4.66. The molecule has 0 aliphatic heterocycles. The van der Waals surface area contributed by atoms with Gasteiger partial charge in [-0.2, -0.15) is 0 Å². The topological polar surface area (TPSA) is 55.7 Å². The van der Waals surface area contributed by atoms with Crippen LogP contribution in [-0.2, 0) is 0 Å². The lowest BCUT2D eigenvalue weighted by molar-refractivity contribution is 0.0796. The normalized spacial score (nSPS) is 8.49. The van der Waals surface area contributed by atoms with Crippen molar-refractivity contribution < 1.29 is 10.2 Å². The molecular formula is C49H42N2O2. The van der Waals surface area contributed by atoms with Crippen LogP contribution in [0.3, 0.4) is 0 Å². The number of aliphatic hydroxyl groups excluding tert-OH is 2. The van der Waals surface area contributed by atoms with E-state index in [9.17, 15) is 10.2 Å². The fourth-order valence-corrected chi connectivity index (χ4v) is 3.92. The predicted octanol–water partition coefficient (Wildman–Crippen LogP) is 3.22. The maximum absolute atomic E-state index is 10.6. The molecule has 0 aromatic heterocycles. The molecule has 0 aliphatic carbocycles. The van der Waals surface area contributed by atoms with Crippen LogP contribution in [0.25, 0.3) is 0 Å². The van der Waals surface area contributed by atoms with Crippen LogP contribution in [-0.4, -0.2) is 60.5 Å². The molecule has 0 aromatic rings. The van der Waals surface area contributed by atoms with Gasteiger partial charge in [-0.1, -0.05) is 70.1 Å². The van der Waals surface area contributed by atoms with Gasteiger partial charge in [0.05, 0.1) is 6.10 Å². The summed E-state index contributed by atoms with van der Waals surface area (Å²) in [5.74, 6) is 76.4. The molecule has 3 N–H and O–H groups in total. The Labute approximate surface area is 320 Å². The van der Waals surface area contributed by atoms with Gasteiger partial charge in [-0.25, -0.2) is 0 Å². The molecule has 2 atom stereocenters. The molecule has 0 rings (SSSR count). The standard InChI is InChI=1S/C49H42N2O2/c1-4-6-8-10-12-14-15-16-17-18-19-20-21-22-23-24-25-26-27-28-29-30-31-32-33-34-36-38-40-43-49(53)47-51(45-41-44-50-3)46-48(52)42-39-37-35-13-11-9-7-5-2/h48-50,52-53H,5,7,9,11,13,35,37,39,41-42,44-47H2,1-3H3. The second kappa shape index (κ2) is 39.7. The third kappa shape index (κ3) is 37.9. The van der Waals surface area contributed by atoms with Crippen molar-refractivity contribution in [3.63, 3.8) is 0 Å². The lowest BCUT2D eigenvalue weighted by atomic mass is 10.1. The molecule has 0 saturated carbocycles. The number of nitrogens with zero attached hydrogens (tertiary/aromatic N) is 1. The first-order valence-corrected chi connectivity index (χ1v) is 17.3. The summed E-state index contributed by atoms with van der Waals surface area (Å²) in [6, 6.07) is 0. The first-order valence-electron chi connectivity index (χ1n) is 17.3. The van der Waals surface area contributed by atoms with Gasteiger partial charge < -0.3 is 15.5 Å². The molecule has 2 unspecified atom stereocenters. The van der Waals surface area contributed by atoms with E-state index in [2.05, 4.69) is 195 Å². The largest absolute Gasteiger partial charge is 0.392 e. The number of unbranched alkanes of at least 4 members (excludes halogenated alkanes) is 7. The van der Waals surface area contributed by atoms with Crippen LogP contribution in [0.4, 0.5) is 0 Å². The van der Waals surface area contributed by atoms with Crippen molar-refractivity contribution >= 4 is 0 Å². The number of aliphatic hydroxyl groups is 2. The average Bonchev–Trinajstić information content (AvgIpc) is 3.15. The Morgan fingerprint density at radius 2 is 0.811 bits per heavy atom. The fourth-order valence-electron chi connectivity index (χ4n) is 3.92. The summed E-state index contributed by atoms with van der Waals surface area (Å²) < 4.78 is 0. The van der Waals surface area contributed by atoms with E-state index in [4.69, 9.17) is 0 Å². The zero-order chi connectivity index (χ0) is 38.6.